The zero-order chi connectivity index (χ0) is 37.2. The van der Waals surface area contributed by atoms with Crippen molar-refractivity contribution < 1.29 is 30.2 Å². The molecule has 0 spiro atoms. The van der Waals surface area contributed by atoms with E-state index in [1.165, 1.54) is 55.8 Å². The second kappa shape index (κ2) is 15.0. The van der Waals surface area contributed by atoms with Crippen LogP contribution in [0.5, 0.6) is 5.75 Å². The van der Waals surface area contributed by atoms with Crippen molar-refractivity contribution in [3.63, 3.8) is 0 Å². The molecule has 3 heterocycles. The lowest BCUT2D eigenvalue weighted by molar-refractivity contribution is -0.136. The largest absolute Gasteiger partial charge is 0.379 e. The standard InChI is InChI=1S/C39H36FN5O6S2/c1-43(52(47,48)37-6-2-4-30-25-41-18-16-34(30)37)36(39(46)45-22-20-44(21-23-45)27-29-8-12-32(40)13-9-29)24-28-10-14-33(15-11-28)51-53(49,50)38-7-3-5-31-26-42-19-17-35(31)38/h2-19,25-26,36H,20-24,27H2,1H3/t36-/m0/s1. The number of halogens is 1. The number of amides is 1. The fourth-order valence-electron chi connectivity index (χ4n) is 6.58. The van der Waals surface area contributed by atoms with E-state index in [0.717, 1.165) is 9.87 Å². The van der Waals surface area contributed by atoms with Crippen LogP contribution in [-0.4, -0.2) is 86.1 Å². The van der Waals surface area contributed by atoms with Crippen molar-refractivity contribution in [2.24, 2.45) is 0 Å². The number of carbonyl (C=O) groups excluding carboxylic acids is 1. The van der Waals surface area contributed by atoms with Crippen molar-refractivity contribution in [3.05, 3.63) is 139 Å². The molecule has 6 aromatic rings. The molecular formula is C39H36FN5O6S2. The molecule has 1 fully saturated rings. The van der Waals surface area contributed by atoms with E-state index in [9.17, 15) is 26.0 Å². The molecule has 0 bridgehead atoms. The molecule has 272 valence electrons. The summed E-state index contributed by atoms with van der Waals surface area (Å²) in [6.07, 6.45) is 6.21. The van der Waals surface area contributed by atoms with Crippen LogP contribution in [0.15, 0.2) is 132 Å². The first-order chi connectivity index (χ1) is 25.5. The van der Waals surface area contributed by atoms with Crippen molar-refractivity contribution in [2.75, 3.05) is 33.2 Å². The fourth-order valence-corrected chi connectivity index (χ4v) is 9.26. The molecule has 7 rings (SSSR count). The number of aromatic nitrogens is 2. The summed E-state index contributed by atoms with van der Waals surface area (Å²) in [5.74, 6) is -0.599. The molecule has 1 amide bonds. The summed E-state index contributed by atoms with van der Waals surface area (Å²) in [6, 6.07) is 24.4. The molecule has 1 atom stereocenters. The van der Waals surface area contributed by atoms with Gasteiger partial charge < -0.3 is 9.08 Å². The van der Waals surface area contributed by atoms with Crippen LogP contribution < -0.4 is 4.18 Å². The number of sulfonamides is 1. The zero-order valence-electron chi connectivity index (χ0n) is 28.7. The first-order valence-corrected chi connectivity index (χ1v) is 19.8. The maximum atomic E-state index is 14.3. The maximum absolute atomic E-state index is 14.3. The van der Waals surface area contributed by atoms with Crippen molar-refractivity contribution in [1.29, 1.82) is 0 Å². The van der Waals surface area contributed by atoms with Crippen LogP contribution in [0, 0.1) is 5.82 Å². The molecule has 0 N–H and O–H groups in total. The summed E-state index contributed by atoms with van der Waals surface area (Å²) in [7, 11) is -7.00. The molecule has 1 aliphatic heterocycles. The van der Waals surface area contributed by atoms with E-state index < -0.39 is 26.2 Å². The van der Waals surface area contributed by atoms with Gasteiger partial charge in [0.15, 0.2) is 0 Å². The Morgan fingerprint density at radius 3 is 1.94 bits per heavy atom. The number of piperazine rings is 1. The van der Waals surface area contributed by atoms with Gasteiger partial charge in [0.25, 0.3) is 0 Å². The number of hydrogen-bond donors (Lipinski definition) is 0. The lowest BCUT2D eigenvalue weighted by Crippen LogP contribution is -2.55. The van der Waals surface area contributed by atoms with Gasteiger partial charge in [-0.3, -0.25) is 19.7 Å². The quantitative estimate of drug-likeness (QED) is 0.163. The predicted molar refractivity (Wildman–Crippen MR) is 198 cm³/mol. The van der Waals surface area contributed by atoms with Crippen LogP contribution in [0.3, 0.4) is 0 Å². The van der Waals surface area contributed by atoms with E-state index in [2.05, 4.69) is 14.9 Å². The Hall–Kier alpha value is -5.28. The van der Waals surface area contributed by atoms with Crippen LogP contribution in [-0.2, 0) is 37.9 Å². The third-order valence-electron chi connectivity index (χ3n) is 9.49. The van der Waals surface area contributed by atoms with Gasteiger partial charge in [-0.05, 0) is 66.1 Å². The summed E-state index contributed by atoms with van der Waals surface area (Å²) in [5.41, 5.74) is 1.55. The number of nitrogens with zero attached hydrogens (tertiary/aromatic N) is 5. The highest BCUT2D eigenvalue weighted by Gasteiger charge is 2.37. The molecule has 0 unspecified atom stereocenters. The second-order valence-corrected chi connectivity index (χ2v) is 16.3. The van der Waals surface area contributed by atoms with Crippen molar-refractivity contribution in [2.45, 2.75) is 28.8 Å². The Morgan fingerprint density at radius 2 is 1.32 bits per heavy atom. The number of likely N-dealkylation sites (N-methyl/N-ethyl adjacent to an activating group) is 1. The monoisotopic (exact) mass is 753 g/mol. The Balaban J connectivity index is 1.13. The van der Waals surface area contributed by atoms with Gasteiger partial charge in [0, 0.05) is 86.1 Å². The van der Waals surface area contributed by atoms with E-state index in [4.69, 9.17) is 4.18 Å². The molecule has 0 saturated carbocycles. The summed E-state index contributed by atoms with van der Waals surface area (Å²) in [5, 5.41) is 2.26. The smallest absolute Gasteiger partial charge is 0.339 e. The Morgan fingerprint density at radius 1 is 0.755 bits per heavy atom. The van der Waals surface area contributed by atoms with Gasteiger partial charge in [-0.2, -0.15) is 12.7 Å². The summed E-state index contributed by atoms with van der Waals surface area (Å²) < 4.78 is 75.3. The molecular weight excluding hydrogens is 718 g/mol. The van der Waals surface area contributed by atoms with Crippen molar-refractivity contribution in [1.82, 2.24) is 24.1 Å². The van der Waals surface area contributed by atoms with Gasteiger partial charge in [-0.15, -0.1) is 0 Å². The highest BCUT2D eigenvalue weighted by molar-refractivity contribution is 7.89. The number of hydrogen-bond acceptors (Lipinski definition) is 9. The summed E-state index contributed by atoms with van der Waals surface area (Å²) >= 11 is 0. The molecule has 1 aliphatic rings. The van der Waals surface area contributed by atoms with Crippen molar-refractivity contribution >= 4 is 47.6 Å². The first-order valence-electron chi connectivity index (χ1n) is 16.9. The van der Waals surface area contributed by atoms with E-state index in [1.54, 1.807) is 78.0 Å². The second-order valence-electron chi connectivity index (χ2n) is 12.9. The fraction of sp³-hybridized carbons (Fsp3) is 0.205. The molecule has 0 aliphatic carbocycles. The van der Waals surface area contributed by atoms with Gasteiger partial charge in [0.1, 0.15) is 22.5 Å². The molecule has 1 saturated heterocycles. The van der Waals surface area contributed by atoms with Gasteiger partial charge in [-0.1, -0.05) is 48.5 Å². The number of benzene rings is 4. The Bertz CT molecular complexity index is 2480. The van der Waals surface area contributed by atoms with Gasteiger partial charge in [-0.25, -0.2) is 12.8 Å². The normalized spacial score (nSPS) is 14.8. The number of rotatable bonds is 11. The van der Waals surface area contributed by atoms with E-state index in [0.29, 0.717) is 59.8 Å². The highest BCUT2D eigenvalue weighted by Crippen LogP contribution is 2.29. The molecule has 0 radical (unpaired) electrons. The van der Waals surface area contributed by atoms with Gasteiger partial charge in [0.2, 0.25) is 15.9 Å². The third kappa shape index (κ3) is 7.76. The number of carbonyl (C=O) groups is 1. The molecule has 14 heteroatoms. The minimum Gasteiger partial charge on any atom is -0.379 e. The average Bonchev–Trinajstić information content (AvgIpc) is 3.17. The van der Waals surface area contributed by atoms with E-state index in [-0.39, 0.29) is 33.7 Å². The predicted octanol–water partition coefficient (Wildman–Crippen LogP) is 5.27. The lowest BCUT2D eigenvalue weighted by atomic mass is 10.0. The number of fused-ring (bicyclic) bond motifs is 2. The van der Waals surface area contributed by atoms with Crippen LogP contribution >= 0.6 is 0 Å². The summed E-state index contributed by atoms with van der Waals surface area (Å²) in [6.45, 7) is 2.45. The Labute approximate surface area is 307 Å². The number of pyridine rings is 2. The SMILES string of the molecule is CN([C@@H](Cc1ccc(OS(=O)(=O)c2cccc3cnccc23)cc1)C(=O)N1CCN(Cc2ccc(F)cc2)CC1)S(=O)(=O)c1cccc2cnccc12. The van der Waals surface area contributed by atoms with Crippen LogP contribution in [0.25, 0.3) is 21.5 Å². The van der Waals surface area contributed by atoms with Crippen LogP contribution in [0.4, 0.5) is 4.39 Å². The maximum Gasteiger partial charge on any atom is 0.339 e. The molecule has 11 nitrogen and oxygen atoms in total. The summed E-state index contributed by atoms with van der Waals surface area (Å²) in [4.78, 5) is 26.4. The first kappa shape index (κ1) is 36.1. The van der Waals surface area contributed by atoms with Gasteiger partial charge >= 0.3 is 10.1 Å². The molecule has 2 aromatic heterocycles. The minimum absolute atomic E-state index is 0.000878. The van der Waals surface area contributed by atoms with E-state index >= 15 is 0 Å². The van der Waals surface area contributed by atoms with Crippen molar-refractivity contribution in [3.8, 4) is 5.75 Å². The molecule has 53 heavy (non-hydrogen) atoms. The third-order valence-corrected chi connectivity index (χ3v) is 12.7. The topological polar surface area (TPSA) is 130 Å². The van der Waals surface area contributed by atoms with Crippen LogP contribution in [0.1, 0.15) is 11.1 Å². The average molecular weight is 754 g/mol. The van der Waals surface area contributed by atoms with E-state index in [1.807, 2.05) is 0 Å². The molecule has 4 aromatic carbocycles. The minimum atomic E-state index is -4.21. The van der Waals surface area contributed by atoms with Gasteiger partial charge in [0.05, 0.1) is 4.90 Å². The zero-order valence-corrected chi connectivity index (χ0v) is 30.4. The Kier molecular flexibility index (Phi) is 10.2. The van der Waals surface area contributed by atoms with Crippen LogP contribution in [0.2, 0.25) is 0 Å². The highest BCUT2D eigenvalue weighted by atomic mass is 32.2. The lowest BCUT2D eigenvalue weighted by Gasteiger charge is -2.38.